The fourth-order valence-electron chi connectivity index (χ4n) is 4.22. The largest absolute Gasteiger partial charge is 0.459 e. The molecule has 0 radical (unpaired) electrons. The summed E-state index contributed by atoms with van der Waals surface area (Å²) in [6.45, 7) is 4.05. The number of carbonyl (C=O) groups is 2. The first kappa shape index (κ1) is 22.3. The van der Waals surface area contributed by atoms with Crippen LogP contribution in [0.2, 0.25) is 0 Å². The molecule has 0 saturated heterocycles. The number of likely N-dealkylation sites (N-methyl/N-ethyl adjacent to an activating group) is 1. The van der Waals surface area contributed by atoms with Crippen molar-refractivity contribution < 1.29 is 19.1 Å². The lowest BCUT2D eigenvalue weighted by molar-refractivity contribution is -0.150. The maximum Gasteiger partial charge on any atom is 0.410 e. The summed E-state index contributed by atoms with van der Waals surface area (Å²) in [4.78, 5) is 26.9. The lowest BCUT2D eigenvalue weighted by Gasteiger charge is -2.26. The number of rotatable bonds is 8. The van der Waals surface area contributed by atoms with E-state index in [0.717, 1.165) is 27.8 Å². The van der Waals surface area contributed by atoms with E-state index in [4.69, 9.17) is 9.47 Å². The zero-order chi connectivity index (χ0) is 23.2. The summed E-state index contributed by atoms with van der Waals surface area (Å²) in [7, 11) is 1.55. The van der Waals surface area contributed by atoms with Crippen LogP contribution in [-0.2, 0) is 20.9 Å². The molecule has 168 valence electrons. The van der Waals surface area contributed by atoms with Crippen molar-refractivity contribution in [3.8, 4) is 11.1 Å². The Balaban J connectivity index is 1.41. The Morgan fingerprint density at radius 3 is 2.09 bits per heavy atom. The Morgan fingerprint density at radius 1 is 0.909 bits per heavy atom. The summed E-state index contributed by atoms with van der Waals surface area (Å²) in [5.41, 5.74) is 5.48. The third-order valence-corrected chi connectivity index (χ3v) is 5.98. The summed E-state index contributed by atoms with van der Waals surface area (Å²) < 4.78 is 11.1. The number of esters is 1. The summed E-state index contributed by atoms with van der Waals surface area (Å²) in [6, 6.07) is 24.9. The van der Waals surface area contributed by atoms with Gasteiger partial charge in [0, 0.05) is 13.0 Å². The van der Waals surface area contributed by atoms with Crippen LogP contribution < -0.4 is 0 Å². The van der Waals surface area contributed by atoms with E-state index in [9.17, 15) is 9.59 Å². The Labute approximate surface area is 194 Å². The highest BCUT2D eigenvalue weighted by atomic mass is 16.6. The molecule has 4 rings (SSSR count). The summed E-state index contributed by atoms with van der Waals surface area (Å²) in [6.07, 6.45) is 1.30. The number of nitrogens with zero attached hydrogens (tertiary/aromatic N) is 1. The van der Waals surface area contributed by atoms with Crippen molar-refractivity contribution >= 4 is 12.1 Å². The van der Waals surface area contributed by atoms with Crippen LogP contribution in [0.15, 0.2) is 91.5 Å². The van der Waals surface area contributed by atoms with E-state index < -0.39 is 18.1 Å². The van der Waals surface area contributed by atoms with Crippen LogP contribution >= 0.6 is 0 Å². The van der Waals surface area contributed by atoms with Gasteiger partial charge in [-0.15, -0.1) is 6.58 Å². The molecule has 0 fully saturated rings. The molecule has 5 nitrogen and oxygen atoms in total. The first-order valence-corrected chi connectivity index (χ1v) is 11.0. The standard InChI is InChI=1S/C28H27NO4/c1-3-11-26(27(30)32-18-20-12-5-4-6-13-20)29(2)28(31)33-19-25-23-16-9-7-14-21(23)22-15-8-10-17-24(22)25/h3-10,12-17,25-26H,1,11,18-19H2,2H3/t26-/m0/s1. The summed E-state index contributed by atoms with van der Waals surface area (Å²) in [5.74, 6) is -0.535. The molecule has 0 heterocycles. The van der Waals surface area contributed by atoms with Crippen LogP contribution in [0.4, 0.5) is 4.79 Å². The van der Waals surface area contributed by atoms with Gasteiger partial charge in [-0.2, -0.15) is 0 Å². The molecule has 1 amide bonds. The Bertz CT molecular complexity index is 1100. The minimum atomic E-state index is -0.804. The van der Waals surface area contributed by atoms with Crippen LogP contribution in [0.25, 0.3) is 11.1 Å². The lowest BCUT2D eigenvalue weighted by Crippen LogP contribution is -2.43. The van der Waals surface area contributed by atoms with Crippen molar-refractivity contribution in [2.45, 2.75) is 25.0 Å². The number of fused-ring (bicyclic) bond motifs is 3. The summed E-state index contributed by atoms with van der Waals surface area (Å²) >= 11 is 0. The van der Waals surface area contributed by atoms with Gasteiger partial charge >= 0.3 is 12.1 Å². The predicted octanol–water partition coefficient (Wildman–Crippen LogP) is 5.56. The van der Waals surface area contributed by atoms with E-state index in [0.29, 0.717) is 0 Å². The molecule has 3 aromatic rings. The SMILES string of the molecule is C=CC[C@@H](C(=O)OCc1ccccc1)N(C)C(=O)OCC1c2ccccc2-c2ccccc21. The van der Waals surface area contributed by atoms with Gasteiger partial charge in [0.2, 0.25) is 0 Å². The Kier molecular flexibility index (Phi) is 6.89. The van der Waals surface area contributed by atoms with Crippen LogP contribution in [0.1, 0.15) is 29.0 Å². The van der Waals surface area contributed by atoms with Gasteiger partial charge < -0.3 is 9.47 Å². The van der Waals surface area contributed by atoms with E-state index >= 15 is 0 Å². The van der Waals surface area contributed by atoms with E-state index in [-0.39, 0.29) is 25.6 Å². The van der Waals surface area contributed by atoms with Gasteiger partial charge in [0.25, 0.3) is 0 Å². The third-order valence-electron chi connectivity index (χ3n) is 5.98. The summed E-state index contributed by atoms with van der Waals surface area (Å²) in [5, 5.41) is 0. The molecule has 5 heteroatoms. The highest BCUT2D eigenvalue weighted by Gasteiger charge is 2.32. The predicted molar refractivity (Wildman–Crippen MR) is 128 cm³/mol. The number of ether oxygens (including phenoxy) is 2. The van der Waals surface area contributed by atoms with Crippen molar-refractivity contribution in [2.24, 2.45) is 0 Å². The van der Waals surface area contributed by atoms with Gasteiger partial charge in [-0.05, 0) is 34.2 Å². The molecule has 0 N–H and O–H groups in total. The average molecular weight is 442 g/mol. The molecular formula is C28H27NO4. The number of hydrogen-bond donors (Lipinski definition) is 0. The number of hydrogen-bond acceptors (Lipinski definition) is 4. The number of amides is 1. The highest BCUT2D eigenvalue weighted by molar-refractivity contribution is 5.82. The monoisotopic (exact) mass is 441 g/mol. The van der Waals surface area contributed by atoms with E-state index in [2.05, 4.69) is 30.8 Å². The van der Waals surface area contributed by atoms with Crippen molar-refractivity contribution in [1.82, 2.24) is 4.90 Å². The smallest absolute Gasteiger partial charge is 0.410 e. The van der Waals surface area contributed by atoms with Crippen LogP contribution in [0, 0.1) is 0 Å². The quantitative estimate of drug-likeness (QED) is 0.339. The van der Waals surface area contributed by atoms with Crippen LogP contribution in [-0.4, -0.2) is 36.7 Å². The van der Waals surface area contributed by atoms with E-state index in [1.54, 1.807) is 13.1 Å². The van der Waals surface area contributed by atoms with E-state index in [1.165, 1.54) is 4.90 Å². The van der Waals surface area contributed by atoms with Crippen molar-refractivity contribution in [1.29, 1.82) is 0 Å². The fraction of sp³-hybridized carbons (Fsp3) is 0.214. The Hall–Kier alpha value is -3.86. The molecule has 1 atom stereocenters. The average Bonchev–Trinajstić information content (AvgIpc) is 3.18. The molecule has 1 aliphatic rings. The van der Waals surface area contributed by atoms with Gasteiger partial charge in [-0.1, -0.05) is 84.9 Å². The molecule has 0 spiro atoms. The molecule has 0 aromatic heterocycles. The van der Waals surface area contributed by atoms with Crippen molar-refractivity contribution in [3.05, 3.63) is 108 Å². The molecule has 33 heavy (non-hydrogen) atoms. The van der Waals surface area contributed by atoms with Crippen LogP contribution in [0.3, 0.4) is 0 Å². The molecule has 0 saturated carbocycles. The zero-order valence-corrected chi connectivity index (χ0v) is 18.6. The fourth-order valence-corrected chi connectivity index (χ4v) is 4.22. The second-order valence-electron chi connectivity index (χ2n) is 8.05. The Morgan fingerprint density at radius 2 is 1.48 bits per heavy atom. The third kappa shape index (κ3) is 4.82. The minimum absolute atomic E-state index is 0.0439. The first-order chi connectivity index (χ1) is 16.1. The maximum atomic E-state index is 12.9. The lowest BCUT2D eigenvalue weighted by atomic mass is 9.98. The second kappa shape index (κ2) is 10.2. The minimum Gasteiger partial charge on any atom is -0.459 e. The first-order valence-electron chi connectivity index (χ1n) is 11.0. The number of benzene rings is 3. The molecule has 3 aromatic carbocycles. The zero-order valence-electron chi connectivity index (χ0n) is 18.6. The van der Waals surface area contributed by atoms with Gasteiger partial charge in [0.15, 0.2) is 0 Å². The molecule has 1 aliphatic carbocycles. The van der Waals surface area contributed by atoms with Gasteiger partial charge in [0.05, 0.1) is 0 Å². The normalized spacial score (nSPS) is 12.9. The van der Waals surface area contributed by atoms with Crippen molar-refractivity contribution in [3.63, 3.8) is 0 Å². The maximum absolute atomic E-state index is 12.9. The molecule has 0 aliphatic heterocycles. The van der Waals surface area contributed by atoms with E-state index in [1.807, 2.05) is 54.6 Å². The van der Waals surface area contributed by atoms with Crippen LogP contribution in [0.5, 0.6) is 0 Å². The molecular weight excluding hydrogens is 414 g/mol. The van der Waals surface area contributed by atoms with Crippen molar-refractivity contribution in [2.75, 3.05) is 13.7 Å². The van der Waals surface area contributed by atoms with Gasteiger partial charge in [0.1, 0.15) is 19.3 Å². The number of carbonyl (C=O) groups excluding carboxylic acids is 2. The highest BCUT2D eigenvalue weighted by Crippen LogP contribution is 2.44. The topological polar surface area (TPSA) is 55.8 Å². The molecule has 0 unspecified atom stereocenters. The van der Waals surface area contributed by atoms with Gasteiger partial charge in [-0.25, -0.2) is 9.59 Å². The molecule has 0 bridgehead atoms. The van der Waals surface area contributed by atoms with Gasteiger partial charge in [-0.3, -0.25) is 4.90 Å². The second-order valence-corrected chi connectivity index (χ2v) is 8.05.